The van der Waals surface area contributed by atoms with Crippen molar-refractivity contribution in [3.8, 4) is 0 Å². The number of fused-ring (bicyclic) bond motifs is 1. The molecule has 0 atom stereocenters. The number of nitrogens with zero attached hydrogens (tertiary/aromatic N) is 3. The number of thiazole rings is 1. The van der Waals surface area contributed by atoms with Gasteiger partial charge in [-0.25, -0.2) is 13.4 Å². The largest absolute Gasteiger partial charge is 0.467 e. The Balaban J connectivity index is 1.65. The lowest BCUT2D eigenvalue weighted by Crippen LogP contribution is -2.32. The zero-order valence-corrected chi connectivity index (χ0v) is 23.0. The normalized spacial score (nSPS) is 11.9. The monoisotopic (exact) mass is 543 g/mol. The van der Waals surface area contributed by atoms with Gasteiger partial charge in [0.1, 0.15) is 5.76 Å². The molecule has 190 valence electrons. The molecule has 0 aliphatic carbocycles. The first-order valence-electron chi connectivity index (χ1n) is 11.8. The maximum atomic E-state index is 13.7. The van der Waals surface area contributed by atoms with E-state index < -0.39 is 10.0 Å². The predicted molar refractivity (Wildman–Crippen MR) is 146 cm³/mol. The van der Waals surface area contributed by atoms with Gasteiger partial charge in [0, 0.05) is 23.5 Å². The molecule has 0 unspecified atom stereocenters. The van der Waals surface area contributed by atoms with Crippen LogP contribution >= 0.6 is 23.1 Å². The lowest BCUT2D eigenvalue weighted by atomic mass is 10.2. The molecular weight excluding hydrogens is 515 g/mol. The molecule has 10 heteroatoms. The summed E-state index contributed by atoms with van der Waals surface area (Å²) >= 11 is 3.09. The fourth-order valence-electron chi connectivity index (χ4n) is 3.78. The van der Waals surface area contributed by atoms with Crippen molar-refractivity contribution < 1.29 is 17.6 Å². The van der Waals surface area contributed by atoms with Crippen LogP contribution in [0.25, 0.3) is 10.2 Å². The molecule has 0 aliphatic rings. The Kier molecular flexibility index (Phi) is 8.50. The highest BCUT2D eigenvalue weighted by atomic mass is 32.2. The Bertz CT molecular complexity index is 1410. The van der Waals surface area contributed by atoms with E-state index in [9.17, 15) is 13.2 Å². The number of carbonyl (C=O) groups is 1. The molecule has 0 aliphatic heterocycles. The Hall–Kier alpha value is -2.66. The third-order valence-corrected chi connectivity index (χ3v) is 9.56. The van der Waals surface area contributed by atoms with Crippen molar-refractivity contribution in [1.82, 2.24) is 9.29 Å². The summed E-state index contributed by atoms with van der Waals surface area (Å²) < 4.78 is 34.1. The van der Waals surface area contributed by atoms with Crippen LogP contribution in [-0.4, -0.2) is 43.0 Å². The summed E-state index contributed by atoms with van der Waals surface area (Å²) in [6, 6.07) is 15.8. The average Bonchev–Trinajstić information content (AvgIpc) is 3.56. The van der Waals surface area contributed by atoms with Crippen molar-refractivity contribution in [1.29, 1.82) is 0 Å². The number of benzene rings is 2. The van der Waals surface area contributed by atoms with E-state index in [0.717, 1.165) is 28.0 Å². The minimum Gasteiger partial charge on any atom is -0.467 e. The summed E-state index contributed by atoms with van der Waals surface area (Å²) in [6.45, 7) is 4.94. The summed E-state index contributed by atoms with van der Waals surface area (Å²) in [5, 5.41) is 0.554. The van der Waals surface area contributed by atoms with Gasteiger partial charge in [0.25, 0.3) is 5.91 Å². The van der Waals surface area contributed by atoms with E-state index in [1.54, 1.807) is 41.1 Å². The van der Waals surface area contributed by atoms with Crippen molar-refractivity contribution in [3.63, 3.8) is 0 Å². The number of sulfonamides is 1. The molecule has 4 aromatic rings. The fourth-order valence-corrected chi connectivity index (χ4v) is 6.78. The van der Waals surface area contributed by atoms with Gasteiger partial charge < -0.3 is 4.42 Å². The van der Waals surface area contributed by atoms with Gasteiger partial charge in [0.2, 0.25) is 10.0 Å². The van der Waals surface area contributed by atoms with E-state index in [1.165, 1.54) is 27.8 Å². The van der Waals surface area contributed by atoms with E-state index in [4.69, 9.17) is 9.40 Å². The standard InChI is InChI=1S/C26H29N3O4S3/c1-4-6-15-28(5-2)36(31,32)22-12-9-19(10-13-22)25(30)29(18-20-8-7-16-33-20)26-27-23-14-11-21(34-3)17-24(23)35-26/h7-14,16-17H,4-6,15,18H2,1-3H3. The third-order valence-electron chi connectivity index (χ3n) is 5.81. The van der Waals surface area contributed by atoms with Gasteiger partial charge in [-0.3, -0.25) is 9.69 Å². The Morgan fingerprint density at radius 2 is 1.89 bits per heavy atom. The summed E-state index contributed by atoms with van der Waals surface area (Å²) in [5.74, 6) is 0.346. The SMILES string of the molecule is CCCCN(CC)S(=O)(=O)c1ccc(C(=O)N(Cc2ccco2)c2nc3ccc(SC)cc3s2)cc1. The van der Waals surface area contributed by atoms with E-state index in [-0.39, 0.29) is 17.3 Å². The predicted octanol–water partition coefficient (Wildman–Crippen LogP) is 6.27. The van der Waals surface area contributed by atoms with Gasteiger partial charge in [-0.1, -0.05) is 31.6 Å². The first-order valence-corrected chi connectivity index (χ1v) is 15.2. The molecular formula is C26H29N3O4S3. The van der Waals surface area contributed by atoms with Gasteiger partial charge in [0.05, 0.1) is 27.9 Å². The number of rotatable bonds is 11. The van der Waals surface area contributed by atoms with Crippen LogP contribution in [0.15, 0.2) is 75.1 Å². The van der Waals surface area contributed by atoms with Crippen LogP contribution in [0.1, 0.15) is 42.8 Å². The van der Waals surface area contributed by atoms with Crippen molar-refractivity contribution >= 4 is 54.4 Å². The summed E-state index contributed by atoms with van der Waals surface area (Å²) in [5.41, 5.74) is 1.19. The number of anilines is 1. The third kappa shape index (κ3) is 5.67. The number of unbranched alkanes of at least 4 members (excludes halogenated alkanes) is 1. The van der Waals surface area contributed by atoms with Crippen LogP contribution < -0.4 is 4.90 Å². The molecule has 0 saturated carbocycles. The van der Waals surface area contributed by atoms with Crippen LogP contribution in [0.2, 0.25) is 0 Å². The molecule has 36 heavy (non-hydrogen) atoms. The second-order valence-electron chi connectivity index (χ2n) is 8.18. The molecule has 2 heterocycles. The fraction of sp³-hybridized carbons (Fsp3) is 0.308. The lowest BCUT2D eigenvalue weighted by Gasteiger charge is -2.21. The quantitative estimate of drug-likeness (QED) is 0.207. The number of carbonyl (C=O) groups excluding carboxylic acids is 1. The molecule has 7 nitrogen and oxygen atoms in total. The van der Waals surface area contributed by atoms with Crippen LogP contribution in [0.3, 0.4) is 0 Å². The van der Waals surface area contributed by atoms with E-state index in [0.29, 0.717) is 29.5 Å². The smallest absolute Gasteiger partial charge is 0.260 e. The topological polar surface area (TPSA) is 83.7 Å². The van der Waals surface area contributed by atoms with Crippen molar-refractivity contribution in [2.45, 2.75) is 43.0 Å². The number of thioether (sulfide) groups is 1. The maximum Gasteiger partial charge on any atom is 0.260 e. The van der Waals surface area contributed by atoms with Crippen LogP contribution in [-0.2, 0) is 16.6 Å². The molecule has 1 amide bonds. The van der Waals surface area contributed by atoms with Crippen LogP contribution in [0, 0.1) is 0 Å². The van der Waals surface area contributed by atoms with E-state index >= 15 is 0 Å². The van der Waals surface area contributed by atoms with Gasteiger partial charge in [-0.05, 0) is 67.3 Å². The van der Waals surface area contributed by atoms with Gasteiger partial charge in [-0.15, -0.1) is 11.8 Å². The highest BCUT2D eigenvalue weighted by molar-refractivity contribution is 7.98. The number of amides is 1. The molecule has 0 N–H and O–H groups in total. The van der Waals surface area contributed by atoms with Crippen molar-refractivity contribution in [2.75, 3.05) is 24.2 Å². The summed E-state index contributed by atoms with van der Waals surface area (Å²) in [6.07, 6.45) is 5.29. The van der Waals surface area contributed by atoms with Gasteiger partial charge in [-0.2, -0.15) is 4.31 Å². The Labute approximate surface area is 220 Å². The van der Waals surface area contributed by atoms with E-state index in [2.05, 4.69) is 6.07 Å². The van der Waals surface area contributed by atoms with Crippen molar-refractivity contribution in [3.05, 3.63) is 72.2 Å². The number of furan rings is 1. The first-order chi connectivity index (χ1) is 17.4. The molecule has 4 rings (SSSR count). The summed E-state index contributed by atoms with van der Waals surface area (Å²) in [7, 11) is -3.62. The second-order valence-corrected chi connectivity index (χ2v) is 12.0. The average molecular weight is 544 g/mol. The van der Waals surface area contributed by atoms with Crippen LogP contribution in [0.5, 0.6) is 0 Å². The maximum absolute atomic E-state index is 13.7. The summed E-state index contributed by atoms with van der Waals surface area (Å²) in [4.78, 5) is 21.2. The lowest BCUT2D eigenvalue weighted by molar-refractivity contribution is 0.0983. The molecule has 0 bridgehead atoms. The zero-order valence-electron chi connectivity index (χ0n) is 20.5. The number of hydrogen-bond acceptors (Lipinski definition) is 7. The number of aromatic nitrogens is 1. The van der Waals surface area contributed by atoms with Gasteiger partial charge >= 0.3 is 0 Å². The molecule has 2 aromatic carbocycles. The second kappa shape index (κ2) is 11.6. The van der Waals surface area contributed by atoms with Crippen LogP contribution in [0.4, 0.5) is 5.13 Å². The Morgan fingerprint density at radius 1 is 1.11 bits per heavy atom. The first kappa shape index (κ1) is 26.4. The minimum atomic E-state index is -3.62. The minimum absolute atomic E-state index is 0.180. The molecule has 0 fully saturated rings. The van der Waals surface area contributed by atoms with Crippen molar-refractivity contribution in [2.24, 2.45) is 0 Å². The highest BCUT2D eigenvalue weighted by Gasteiger charge is 2.26. The molecule has 0 radical (unpaired) electrons. The van der Waals surface area contributed by atoms with E-state index in [1.807, 2.05) is 38.3 Å². The molecule has 0 saturated heterocycles. The van der Waals surface area contributed by atoms with Gasteiger partial charge in [0.15, 0.2) is 5.13 Å². The number of hydrogen-bond donors (Lipinski definition) is 0. The molecule has 0 spiro atoms. The highest BCUT2D eigenvalue weighted by Crippen LogP contribution is 2.33. The zero-order chi connectivity index (χ0) is 25.7. The molecule has 2 aromatic heterocycles. The Morgan fingerprint density at radius 3 is 2.53 bits per heavy atom.